The number of hydrogen-bond acceptors (Lipinski definition) is 3. The van der Waals surface area contributed by atoms with Crippen LogP contribution in [0.3, 0.4) is 0 Å². The van der Waals surface area contributed by atoms with Gasteiger partial charge in [0.25, 0.3) is 0 Å². The van der Waals surface area contributed by atoms with Crippen molar-refractivity contribution < 1.29 is 0 Å². The van der Waals surface area contributed by atoms with Gasteiger partial charge in [-0.05, 0) is 167 Å². The van der Waals surface area contributed by atoms with Crippen LogP contribution < -0.4 is 20.0 Å². The summed E-state index contributed by atoms with van der Waals surface area (Å²) in [6.45, 7) is 33.7. The Morgan fingerprint density at radius 1 is 0.471 bits per heavy atom. The molecule has 5 aliphatic rings. The molecule has 7 aromatic carbocycles. The van der Waals surface area contributed by atoms with Gasteiger partial charge in [-0.2, -0.15) is 0 Å². The van der Waals surface area contributed by atoms with Gasteiger partial charge in [0.2, 0.25) is 0 Å². The number of nitrogens with zero attached hydrogens (tertiary/aromatic N) is 2. The summed E-state index contributed by atoms with van der Waals surface area (Å²) in [6, 6.07) is 51.0. The molecule has 2 nitrogen and oxygen atoms in total. The lowest BCUT2D eigenvalue weighted by atomic mass is 9.45. The molecule has 13 rings (SSSR count). The fourth-order valence-electron chi connectivity index (χ4n) is 13.8. The first kappa shape index (κ1) is 44.1. The van der Waals surface area contributed by atoms with E-state index in [-0.39, 0.29) is 39.3 Å². The number of fused-ring (bicyclic) bond motifs is 14. The van der Waals surface area contributed by atoms with Gasteiger partial charge in [0.05, 0.1) is 5.69 Å². The zero-order valence-corrected chi connectivity index (χ0v) is 44.7. The molecule has 0 bridgehead atoms. The van der Waals surface area contributed by atoms with E-state index in [2.05, 4.69) is 245 Å². The van der Waals surface area contributed by atoms with Gasteiger partial charge in [0.15, 0.2) is 0 Å². The highest BCUT2D eigenvalue weighted by Gasteiger charge is 2.53. The van der Waals surface area contributed by atoms with Crippen LogP contribution in [-0.4, -0.2) is 6.85 Å². The van der Waals surface area contributed by atoms with Crippen molar-refractivity contribution in [3.63, 3.8) is 0 Å². The molecule has 0 radical (unpaired) electrons. The molecule has 350 valence electrons. The molecule has 3 heterocycles. The summed E-state index contributed by atoms with van der Waals surface area (Å²) in [4.78, 5) is 5.56. The van der Waals surface area contributed by atoms with Crippen molar-refractivity contribution in [2.75, 3.05) is 9.71 Å². The molecule has 1 aromatic heterocycles. The first-order valence-electron chi connectivity index (χ1n) is 26.0. The molecule has 0 unspecified atom stereocenters. The van der Waals surface area contributed by atoms with Crippen molar-refractivity contribution in [3.8, 4) is 33.4 Å². The van der Waals surface area contributed by atoms with Crippen LogP contribution >= 0.6 is 11.3 Å². The Labute approximate surface area is 421 Å². The molecule has 2 aliphatic heterocycles. The van der Waals surface area contributed by atoms with Crippen LogP contribution in [-0.2, 0) is 32.5 Å². The van der Waals surface area contributed by atoms with Crippen LogP contribution in [0.2, 0.25) is 0 Å². The van der Waals surface area contributed by atoms with Gasteiger partial charge < -0.3 is 9.71 Å². The van der Waals surface area contributed by atoms with E-state index in [9.17, 15) is 0 Å². The molecule has 0 saturated carbocycles. The molecule has 8 aromatic rings. The average molecular weight is 931 g/mol. The Morgan fingerprint density at radius 3 is 1.60 bits per heavy atom. The largest absolute Gasteiger partial charge is 0.376 e. The third-order valence-corrected chi connectivity index (χ3v) is 19.2. The molecule has 0 fully saturated rings. The van der Waals surface area contributed by atoms with Crippen LogP contribution in [0.25, 0.3) is 43.5 Å². The fraction of sp³-hybridized carbons (Fsp3) is 0.333. The maximum Gasteiger partial charge on any atom is 0.343 e. The highest BCUT2D eigenvalue weighted by molar-refractivity contribution is 7.32. The van der Waals surface area contributed by atoms with Gasteiger partial charge in [0, 0.05) is 54.0 Å². The highest BCUT2D eigenvalue weighted by atomic mass is 32.1. The topological polar surface area (TPSA) is 6.48 Å². The van der Waals surface area contributed by atoms with Gasteiger partial charge in [-0.3, -0.25) is 0 Å². The van der Waals surface area contributed by atoms with Crippen LogP contribution in [0, 0.1) is 0 Å². The first-order chi connectivity index (χ1) is 33.0. The molecule has 3 aliphatic carbocycles. The minimum atomic E-state index is -0.265. The van der Waals surface area contributed by atoms with Gasteiger partial charge in [-0.15, -0.1) is 11.3 Å². The SMILES string of the molecule is CC(C)(C)c1ccc(N2B3c4sc5cc6c(cc5c4N(c4ccc(C(C)(C)C)cc4)c4c3c(cc3c4C(C)(C)c4ccccc4-3)-c3cc4c(cc32)C(C)(C)c2ccccc2-4)C(C)(C)CCC6(C)C)cc1. The van der Waals surface area contributed by atoms with Crippen molar-refractivity contribution in [1.82, 2.24) is 0 Å². The Balaban J connectivity index is 1.22. The van der Waals surface area contributed by atoms with Crippen molar-refractivity contribution in [3.05, 3.63) is 172 Å². The van der Waals surface area contributed by atoms with E-state index in [0.717, 1.165) is 0 Å². The molecular formula is C66H67BN2S. The Bertz CT molecular complexity index is 3570. The molecular weight excluding hydrogens is 864 g/mol. The zero-order valence-electron chi connectivity index (χ0n) is 43.9. The molecule has 0 N–H and O–H groups in total. The van der Waals surface area contributed by atoms with E-state index in [4.69, 9.17) is 0 Å². The standard InChI is InChI=1S/C66H67BN2S/c1-61(2,3)38-23-27-40(28-24-38)68-58-48-35-52-53(64(9,10)32-31-63(52,7)8)37-55(48)70-60(58)67-57-47(34-46-43-20-16-18-22-50(43)66(13,14)56(46)59(57)68)45-33-44-42-19-15-17-21-49(42)65(11,12)51(44)36-54(45)69(67)41-29-25-39(26-30-41)62(4,5)6/h15-30,33-37H,31-32H2,1-14H3. The minimum Gasteiger partial charge on any atom is -0.376 e. The number of thiophene rings is 1. The van der Waals surface area contributed by atoms with E-state index in [0.29, 0.717) is 0 Å². The predicted molar refractivity (Wildman–Crippen MR) is 303 cm³/mol. The normalized spacial score (nSPS) is 18.1. The second-order valence-electron chi connectivity index (χ2n) is 26.0. The van der Waals surface area contributed by atoms with Crippen LogP contribution in [0.4, 0.5) is 28.4 Å². The van der Waals surface area contributed by atoms with Crippen molar-refractivity contribution in [2.45, 2.75) is 142 Å². The maximum absolute atomic E-state index is 2.79. The van der Waals surface area contributed by atoms with E-state index in [1.807, 2.05) is 0 Å². The lowest BCUT2D eigenvalue weighted by Gasteiger charge is -2.47. The summed E-state index contributed by atoms with van der Waals surface area (Å²) in [5, 5.41) is 1.38. The Hall–Kier alpha value is -5.84. The molecule has 4 heteroatoms. The second-order valence-corrected chi connectivity index (χ2v) is 27.1. The lowest BCUT2D eigenvalue weighted by Crippen LogP contribution is -2.61. The van der Waals surface area contributed by atoms with Crippen LogP contribution in [0.5, 0.6) is 0 Å². The van der Waals surface area contributed by atoms with Crippen molar-refractivity contribution in [2.24, 2.45) is 0 Å². The number of anilines is 5. The third kappa shape index (κ3) is 5.86. The molecule has 0 spiro atoms. The molecule has 0 atom stereocenters. The monoisotopic (exact) mass is 931 g/mol. The van der Waals surface area contributed by atoms with Gasteiger partial charge in [-0.1, -0.05) is 170 Å². The third-order valence-electron chi connectivity index (χ3n) is 18.0. The summed E-state index contributed by atoms with van der Waals surface area (Å²) in [6.07, 6.45) is 2.37. The maximum atomic E-state index is 2.79. The van der Waals surface area contributed by atoms with Gasteiger partial charge in [-0.25, -0.2) is 0 Å². The average Bonchev–Trinajstić information content (AvgIpc) is 3.88. The quantitative estimate of drug-likeness (QED) is 0.159. The zero-order chi connectivity index (χ0) is 49.0. The molecule has 0 saturated heterocycles. The number of rotatable bonds is 2. The summed E-state index contributed by atoms with van der Waals surface area (Å²) < 4.78 is 2.81. The van der Waals surface area contributed by atoms with Crippen molar-refractivity contribution in [1.29, 1.82) is 0 Å². The highest BCUT2D eigenvalue weighted by Crippen LogP contribution is 2.61. The van der Waals surface area contributed by atoms with Gasteiger partial charge >= 0.3 is 6.85 Å². The van der Waals surface area contributed by atoms with Crippen molar-refractivity contribution >= 4 is 66.9 Å². The first-order valence-corrected chi connectivity index (χ1v) is 26.8. The summed E-state index contributed by atoms with van der Waals surface area (Å²) in [5.41, 5.74) is 27.2. The van der Waals surface area contributed by atoms with Gasteiger partial charge in [0.1, 0.15) is 0 Å². The predicted octanol–water partition coefficient (Wildman–Crippen LogP) is 17.2. The fourth-order valence-corrected chi connectivity index (χ4v) is 15.1. The number of hydrogen-bond donors (Lipinski definition) is 0. The van der Waals surface area contributed by atoms with Crippen LogP contribution in [0.15, 0.2) is 127 Å². The lowest BCUT2D eigenvalue weighted by molar-refractivity contribution is 0.332. The van der Waals surface area contributed by atoms with E-state index >= 15 is 0 Å². The molecule has 70 heavy (non-hydrogen) atoms. The smallest absolute Gasteiger partial charge is 0.343 e. The number of benzene rings is 7. The molecule has 0 amide bonds. The summed E-state index contributed by atoms with van der Waals surface area (Å²) >= 11 is 2.05. The Morgan fingerprint density at radius 2 is 1.00 bits per heavy atom. The summed E-state index contributed by atoms with van der Waals surface area (Å²) in [7, 11) is 0. The minimum absolute atomic E-state index is 0.0280. The summed E-state index contributed by atoms with van der Waals surface area (Å²) in [5.74, 6) is 0. The Kier molecular flexibility index (Phi) is 8.81. The van der Waals surface area contributed by atoms with E-state index in [1.165, 1.54) is 139 Å². The second kappa shape index (κ2) is 14.0. The van der Waals surface area contributed by atoms with E-state index in [1.54, 1.807) is 0 Å². The van der Waals surface area contributed by atoms with E-state index < -0.39 is 0 Å². The van der Waals surface area contributed by atoms with Crippen LogP contribution in [0.1, 0.15) is 154 Å².